The molecule has 0 radical (unpaired) electrons. The van der Waals surface area contributed by atoms with E-state index < -0.39 is 11.4 Å². The second-order valence-corrected chi connectivity index (χ2v) is 4.02. The normalized spacial score (nSPS) is 11.5. The molecule has 0 spiro atoms. The van der Waals surface area contributed by atoms with Crippen LogP contribution in [0.3, 0.4) is 0 Å². The lowest BCUT2D eigenvalue weighted by atomic mass is 9.98. The third kappa shape index (κ3) is 3.08. The first kappa shape index (κ1) is 13.7. The summed E-state index contributed by atoms with van der Waals surface area (Å²) in [6, 6.07) is 3.32. The number of aliphatic hydroxyl groups is 2. The van der Waals surface area contributed by atoms with Crippen molar-refractivity contribution in [1.82, 2.24) is 5.32 Å². The van der Waals surface area contributed by atoms with Crippen LogP contribution in [0.1, 0.15) is 36.6 Å². The van der Waals surface area contributed by atoms with Crippen LogP contribution in [0.15, 0.2) is 16.5 Å². The summed E-state index contributed by atoms with van der Waals surface area (Å²) in [6.45, 7) is 3.09. The van der Waals surface area contributed by atoms with E-state index in [9.17, 15) is 15.0 Å². The van der Waals surface area contributed by atoms with Crippen LogP contribution in [-0.4, -0.2) is 34.9 Å². The Labute approximate surface area is 100 Å². The van der Waals surface area contributed by atoms with E-state index in [2.05, 4.69) is 5.32 Å². The van der Waals surface area contributed by atoms with Gasteiger partial charge in [-0.2, -0.15) is 0 Å². The highest BCUT2D eigenvalue weighted by atomic mass is 16.4. The fraction of sp³-hybridized carbons (Fsp3) is 0.583. The lowest BCUT2D eigenvalue weighted by molar-refractivity contribution is 0.0631. The Balaban J connectivity index is 2.77. The highest BCUT2D eigenvalue weighted by Gasteiger charge is 2.29. The lowest BCUT2D eigenvalue weighted by Gasteiger charge is -2.29. The van der Waals surface area contributed by atoms with Crippen molar-refractivity contribution in [3.05, 3.63) is 23.7 Å². The monoisotopic (exact) mass is 241 g/mol. The number of nitrogens with one attached hydrogen (secondary N) is 1. The molecule has 1 heterocycles. The Morgan fingerprint density at radius 1 is 1.35 bits per heavy atom. The summed E-state index contributed by atoms with van der Waals surface area (Å²) in [6.07, 6.45) is 1.15. The molecular formula is C12H19NO4. The summed E-state index contributed by atoms with van der Waals surface area (Å²) >= 11 is 0. The van der Waals surface area contributed by atoms with Crippen molar-refractivity contribution in [2.75, 3.05) is 13.2 Å². The molecule has 1 aromatic heterocycles. The van der Waals surface area contributed by atoms with Crippen LogP contribution >= 0.6 is 0 Å². The van der Waals surface area contributed by atoms with E-state index in [0.717, 1.165) is 5.76 Å². The van der Waals surface area contributed by atoms with Gasteiger partial charge in [0.2, 0.25) is 0 Å². The maximum Gasteiger partial charge on any atom is 0.287 e. The van der Waals surface area contributed by atoms with E-state index in [1.165, 1.54) is 0 Å². The van der Waals surface area contributed by atoms with E-state index >= 15 is 0 Å². The average Bonchev–Trinajstić information content (AvgIpc) is 2.85. The number of hydrogen-bond donors (Lipinski definition) is 3. The highest BCUT2D eigenvalue weighted by Crippen LogP contribution is 2.13. The van der Waals surface area contributed by atoms with Gasteiger partial charge in [-0.05, 0) is 18.6 Å². The molecule has 0 aromatic carbocycles. The van der Waals surface area contributed by atoms with Crippen molar-refractivity contribution in [2.45, 2.75) is 32.2 Å². The maximum atomic E-state index is 11.8. The molecule has 0 atom stereocenters. The van der Waals surface area contributed by atoms with Gasteiger partial charge in [-0.25, -0.2) is 0 Å². The zero-order chi connectivity index (χ0) is 12.9. The van der Waals surface area contributed by atoms with Crippen LogP contribution in [0.25, 0.3) is 0 Å². The molecule has 0 unspecified atom stereocenters. The van der Waals surface area contributed by atoms with E-state index in [1.807, 2.05) is 6.92 Å². The van der Waals surface area contributed by atoms with Gasteiger partial charge < -0.3 is 19.9 Å². The minimum Gasteiger partial charge on any atom is -0.456 e. The quantitative estimate of drug-likeness (QED) is 0.685. The molecule has 0 aliphatic heterocycles. The second kappa shape index (κ2) is 5.84. The second-order valence-electron chi connectivity index (χ2n) is 4.02. The molecule has 5 nitrogen and oxygen atoms in total. The van der Waals surface area contributed by atoms with Crippen molar-refractivity contribution < 1.29 is 19.4 Å². The topological polar surface area (TPSA) is 82.7 Å². The molecule has 3 N–H and O–H groups in total. The Bertz CT molecular complexity index is 360. The number of hydrogen-bond acceptors (Lipinski definition) is 4. The van der Waals surface area contributed by atoms with Crippen LogP contribution < -0.4 is 5.32 Å². The number of furan rings is 1. The molecule has 96 valence electrons. The van der Waals surface area contributed by atoms with Crippen molar-refractivity contribution in [3.63, 3.8) is 0 Å². The Hall–Kier alpha value is -1.33. The summed E-state index contributed by atoms with van der Waals surface area (Å²) < 4.78 is 5.30. The third-order valence-corrected chi connectivity index (χ3v) is 2.89. The highest BCUT2D eigenvalue weighted by molar-refractivity contribution is 5.92. The molecule has 1 amide bonds. The van der Waals surface area contributed by atoms with Crippen molar-refractivity contribution in [1.29, 1.82) is 0 Å². The first-order chi connectivity index (χ1) is 8.10. The Kier molecular flexibility index (Phi) is 4.72. The van der Waals surface area contributed by atoms with Crippen LogP contribution in [0.4, 0.5) is 0 Å². The number of aryl methyl sites for hydroxylation is 1. The van der Waals surface area contributed by atoms with E-state index in [4.69, 9.17) is 4.42 Å². The SMILES string of the molecule is CCc1ccc(C(=O)NC(CC)(CO)CO)o1. The predicted molar refractivity (Wildman–Crippen MR) is 62.7 cm³/mol. The van der Waals surface area contributed by atoms with Crippen molar-refractivity contribution in [2.24, 2.45) is 0 Å². The predicted octanol–water partition coefficient (Wildman–Crippen LogP) is 0.705. The molecule has 1 rings (SSSR count). The van der Waals surface area contributed by atoms with Gasteiger partial charge in [0.1, 0.15) is 5.76 Å². The number of carbonyl (C=O) groups excluding carboxylic acids is 1. The first-order valence-corrected chi connectivity index (χ1v) is 5.73. The minimum atomic E-state index is -0.990. The van der Waals surface area contributed by atoms with E-state index in [-0.39, 0.29) is 19.0 Å². The largest absolute Gasteiger partial charge is 0.456 e. The summed E-state index contributed by atoms with van der Waals surface area (Å²) in [4.78, 5) is 11.8. The van der Waals surface area contributed by atoms with Gasteiger partial charge in [0.05, 0.1) is 18.8 Å². The minimum absolute atomic E-state index is 0.196. The number of rotatable bonds is 6. The summed E-state index contributed by atoms with van der Waals surface area (Å²) in [5, 5.41) is 21.0. The fourth-order valence-electron chi connectivity index (χ4n) is 1.43. The van der Waals surface area contributed by atoms with Crippen LogP contribution in [0, 0.1) is 0 Å². The molecule has 0 fully saturated rings. The molecule has 0 saturated heterocycles. The van der Waals surface area contributed by atoms with Gasteiger partial charge in [-0.15, -0.1) is 0 Å². The number of carbonyl (C=O) groups is 1. The first-order valence-electron chi connectivity index (χ1n) is 5.73. The number of amides is 1. The van der Waals surface area contributed by atoms with Gasteiger partial charge in [0, 0.05) is 6.42 Å². The third-order valence-electron chi connectivity index (χ3n) is 2.89. The van der Waals surface area contributed by atoms with Crippen molar-refractivity contribution in [3.8, 4) is 0 Å². The van der Waals surface area contributed by atoms with E-state index in [0.29, 0.717) is 12.8 Å². The van der Waals surface area contributed by atoms with E-state index in [1.54, 1.807) is 19.1 Å². The molecule has 0 bridgehead atoms. The Morgan fingerprint density at radius 2 is 2.00 bits per heavy atom. The summed E-state index contributed by atoms with van der Waals surface area (Å²) in [7, 11) is 0. The molecular weight excluding hydrogens is 222 g/mol. The smallest absolute Gasteiger partial charge is 0.287 e. The maximum absolute atomic E-state index is 11.8. The van der Waals surface area contributed by atoms with Crippen LogP contribution in [0.5, 0.6) is 0 Å². The molecule has 5 heteroatoms. The molecule has 17 heavy (non-hydrogen) atoms. The average molecular weight is 241 g/mol. The van der Waals surface area contributed by atoms with Gasteiger partial charge in [-0.1, -0.05) is 13.8 Å². The zero-order valence-electron chi connectivity index (χ0n) is 10.2. The molecule has 0 aliphatic carbocycles. The van der Waals surface area contributed by atoms with Gasteiger partial charge in [0.15, 0.2) is 5.76 Å². The lowest BCUT2D eigenvalue weighted by Crippen LogP contribution is -2.53. The standard InChI is InChI=1S/C12H19NO4/c1-3-9-5-6-10(17-9)11(16)13-12(4-2,7-14)8-15/h5-6,14-15H,3-4,7-8H2,1-2H3,(H,13,16). The van der Waals surface area contributed by atoms with Crippen LogP contribution in [-0.2, 0) is 6.42 Å². The Morgan fingerprint density at radius 3 is 2.41 bits per heavy atom. The number of aliphatic hydroxyl groups excluding tert-OH is 2. The molecule has 1 aromatic rings. The summed E-state index contributed by atoms with van der Waals surface area (Å²) in [5.41, 5.74) is -0.990. The zero-order valence-corrected chi connectivity index (χ0v) is 10.2. The van der Waals surface area contributed by atoms with Gasteiger partial charge in [-0.3, -0.25) is 4.79 Å². The van der Waals surface area contributed by atoms with Crippen LogP contribution in [0.2, 0.25) is 0 Å². The molecule has 0 aliphatic rings. The van der Waals surface area contributed by atoms with Crippen molar-refractivity contribution >= 4 is 5.91 Å². The summed E-state index contributed by atoms with van der Waals surface area (Å²) in [5.74, 6) is 0.501. The van der Waals surface area contributed by atoms with Gasteiger partial charge >= 0.3 is 0 Å². The molecule has 0 saturated carbocycles. The fourth-order valence-corrected chi connectivity index (χ4v) is 1.43. The van der Waals surface area contributed by atoms with Gasteiger partial charge in [0.25, 0.3) is 5.91 Å².